The fourth-order valence-electron chi connectivity index (χ4n) is 3.52. The highest BCUT2D eigenvalue weighted by Crippen LogP contribution is 2.05. The zero-order valence-electron chi connectivity index (χ0n) is 20.6. The number of hydrogen-bond donors (Lipinski definition) is 8. The molecule has 0 aliphatic carbocycles. The summed E-state index contributed by atoms with van der Waals surface area (Å²) < 4.78 is 0. The predicted octanol–water partition coefficient (Wildman–Crippen LogP) is -3.54. The van der Waals surface area contributed by atoms with E-state index in [1.54, 1.807) is 30.3 Å². The summed E-state index contributed by atoms with van der Waals surface area (Å²) in [5, 5.41) is 21.4. The van der Waals surface area contributed by atoms with Gasteiger partial charge in [-0.15, -0.1) is 0 Å². The number of carbonyl (C=O) groups excluding carboxylic acids is 5. The van der Waals surface area contributed by atoms with Gasteiger partial charge >= 0.3 is 5.97 Å². The van der Waals surface area contributed by atoms with Gasteiger partial charge in [0.1, 0.15) is 18.1 Å². The third-order valence-electron chi connectivity index (χ3n) is 5.40. The molecule has 1 heterocycles. The van der Waals surface area contributed by atoms with Gasteiger partial charge in [0, 0.05) is 13.0 Å². The van der Waals surface area contributed by atoms with Crippen LogP contribution in [0.1, 0.15) is 24.8 Å². The molecule has 15 nitrogen and oxygen atoms in total. The Labute approximate surface area is 218 Å². The summed E-state index contributed by atoms with van der Waals surface area (Å²) in [4.78, 5) is 78.4. The number of carboxylic acid groups (broad SMARTS) is 1. The monoisotopic (exact) mass is 532 g/mol. The molecule has 10 N–H and O–H groups in total. The molecule has 0 aromatic heterocycles. The summed E-state index contributed by atoms with van der Waals surface area (Å²) in [6.07, 6.45) is -0.213. The molecule has 0 spiro atoms. The van der Waals surface area contributed by atoms with Crippen molar-refractivity contribution >= 4 is 41.5 Å². The lowest BCUT2D eigenvalue weighted by atomic mass is 10.0. The summed E-state index contributed by atoms with van der Waals surface area (Å²) >= 11 is 0. The molecule has 2 rings (SSSR count). The fraction of sp³-hybridized carbons (Fsp3) is 0.435. The van der Waals surface area contributed by atoms with Crippen molar-refractivity contribution in [2.24, 2.45) is 16.5 Å². The number of nitrogens with one attached hydrogen (secondary N) is 5. The van der Waals surface area contributed by atoms with E-state index >= 15 is 0 Å². The first-order valence-corrected chi connectivity index (χ1v) is 11.8. The molecule has 1 aromatic carbocycles. The Bertz CT molecular complexity index is 1060. The molecule has 0 saturated carbocycles. The van der Waals surface area contributed by atoms with Gasteiger partial charge in [-0.3, -0.25) is 29.0 Å². The number of rotatable bonds is 7. The maximum atomic E-state index is 12.9. The third kappa shape index (κ3) is 10.5. The minimum Gasteiger partial charge on any atom is -0.480 e. The Hall–Kier alpha value is -4.69. The fourth-order valence-corrected chi connectivity index (χ4v) is 3.52. The number of carbonyl (C=O) groups is 6. The molecule has 5 amide bonds. The van der Waals surface area contributed by atoms with E-state index in [1.807, 2.05) is 0 Å². The standard InChI is InChI=1S/C23H32N8O7/c24-23(25)26-8-4-7-14-20(35)28-12-19(34)30-15(9-13-5-2-1-3-6-13)21(36)31-16(22(37)38)10-17(32)27-11-18(33)29-14/h1-3,5-6,14-16H,4,7-12H2,(H,27,32)(H,28,35)(H,29,33)(H,30,34)(H,31,36)(H,37,38)(H4,24,25,26)/t14-,15-,16-/m0/s1. The van der Waals surface area contributed by atoms with Crippen LogP contribution in [0.25, 0.3) is 0 Å². The predicted molar refractivity (Wildman–Crippen MR) is 134 cm³/mol. The average Bonchev–Trinajstić information content (AvgIpc) is 2.86. The van der Waals surface area contributed by atoms with Crippen molar-refractivity contribution in [1.29, 1.82) is 0 Å². The minimum atomic E-state index is -1.61. The SMILES string of the molecule is NC(N)=NCCC[C@@H]1NC(=O)CNC(=O)C[C@@H](C(=O)O)NC(=O)[C@H](Cc2ccccc2)NC(=O)CNC1=O. The molecule has 206 valence electrons. The number of guanidine groups is 1. The molecule has 38 heavy (non-hydrogen) atoms. The van der Waals surface area contributed by atoms with Crippen LogP contribution in [0.4, 0.5) is 0 Å². The number of hydrogen-bond acceptors (Lipinski definition) is 7. The van der Waals surface area contributed by atoms with Crippen molar-refractivity contribution in [2.75, 3.05) is 19.6 Å². The molecule has 1 aromatic rings. The Morgan fingerprint density at radius 1 is 0.868 bits per heavy atom. The lowest BCUT2D eigenvalue weighted by Crippen LogP contribution is -2.56. The van der Waals surface area contributed by atoms with Crippen molar-refractivity contribution in [3.63, 3.8) is 0 Å². The summed E-state index contributed by atoms with van der Waals surface area (Å²) in [6.45, 7) is -0.878. The molecule has 0 bridgehead atoms. The molecule has 0 unspecified atom stereocenters. The van der Waals surface area contributed by atoms with Gasteiger partial charge in [0.15, 0.2) is 5.96 Å². The zero-order chi connectivity index (χ0) is 28.1. The molecule has 0 radical (unpaired) electrons. The molecular weight excluding hydrogens is 500 g/mol. The van der Waals surface area contributed by atoms with Crippen molar-refractivity contribution in [1.82, 2.24) is 26.6 Å². The van der Waals surface area contributed by atoms with E-state index in [9.17, 15) is 33.9 Å². The molecule has 1 saturated heterocycles. The van der Waals surface area contributed by atoms with Crippen LogP contribution in [0.2, 0.25) is 0 Å². The molecule has 1 aliphatic rings. The van der Waals surface area contributed by atoms with Gasteiger partial charge in [0.05, 0.1) is 19.5 Å². The van der Waals surface area contributed by atoms with Crippen molar-refractivity contribution in [3.8, 4) is 0 Å². The number of carboxylic acids is 1. The van der Waals surface area contributed by atoms with Crippen LogP contribution in [-0.4, -0.2) is 84.3 Å². The Morgan fingerprint density at radius 2 is 1.50 bits per heavy atom. The zero-order valence-corrected chi connectivity index (χ0v) is 20.6. The van der Waals surface area contributed by atoms with Crippen LogP contribution < -0.4 is 38.1 Å². The van der Waals surface area contributed by atoms with Gasteiger partial charge in [-0.1, -0.05) is 30.3 Å². The van der Waals surface area contributed by atoms with E-state index in [0.29, 0.717) is 12.0 Å². The lowest BCUT2D eigenvalue weighted by molar-refractivity contribution is -0.144. The number of nitrogens with two attached hydrogens (primary N) is 2. The Morgan fingerprint density at radius 3 is 2.13 bits per heavy atom. The highest BCUT2D eigenvalue weighted by molar-refractivity contribution is 5.95. The molecule has 1 fully saturated rings. The largest absolute Gasteiger partial charge is 0.480 e. The average molecular weight is 533 g/mol. The Balaban J connectivity index is 2.24. The quantitative estimate of drug-likeness (QED) is 0.0982. The first-order chi connectivity index (χ1) is 18.0. The first-order valence-electron chi connectivity index (χ1n) is 11.8. The number of amides is 5. The van der Waals surface area contributed by atoms with Gasteiger partial charge in [0.25, 0.3) is 0 Å². The highest BCUT2D eigenvalue weighted by atomic mass is 16.4. The number of nitrogens with zero attached hydrogens (tertiary/aromatic N) is 1. The van der Waals surface area contributed by atoms with Crippen LogP contribution in [0, 0.1) is 0 Å². The topological polar surface area (TPSA) is 247 Å². The van der Waals surface area contributed by atoms with E-state index in [0.717, 1.165) is 0 Å². The van der Waals surface area contributed by atoms with Crippen molar-refractivity contribution in [2.45, 2.75) is 43.8 Å². The van der Waals surface area contributed by atoms with Gasteiger partial charge in [-0.2, -0.15) is 0 Å². The maximum Gasteiger partial charge on any atom is 0.326 e. The van der Waals surface area contributed by atoms with Gasteiger partial charge < -0.3 is 43.2 Å². The molecule has 3 atom stereocenters. The normalized spacial score (nSPS) is 21.7. The first kappa shape index (κ1) is 29.5. The molecule has 15 heteroatoms. The third-order valence-corrected chi connectivity index (χ3v) is 5.40. The summed E-state index contributed by atoms with van der Waals surface area (Å²) in [6, 6.07) is 4.78. The highest BCUT2D eigenvalue weighted by Gasteiger charge is 2.29. The number of aliphatic imine (C=N–C) groups is 1. The second-order valence-corrected chi connectivity index (χ2v) is 8.48. The molecular formula is C23H32N8O7. The summed E-state index contributed by atoms with van der Waals surface area (Å²) in [5.41, 5.74) is 11.2. The lowest BCUT2D eigenvalue weighted by Gasteiger charge is -2.23. The van der Waals surface area contributed by atoms with E-state index in [4.69, 9.17) is 11.5 Å². The van der Waals surface area contributed by atoms with E-state index in [-0.39, 0.29) is 25.3 Å². The second-order valence-electron chi connectivity index (χ2n) is 8.48. The van der Waals surface area contributed by atoms with E-state index < -0.39 is 73.1 Å². The Kier molecular flexibility index (Phi) is 11.5. The summed E-state index contributed by atoms with van der Waals surface area (Å²) in [5.74, 6) is -5.39. The summed E-state index contributed by atoms with van der Waals surface area (Å²) in [7, 11) is 0. The maximum absolute atomic E-state index is 12.9. The van der Waals surface area contributed by atoms with Crippen LogP contribution in [-0.2, 0) is 35.2 Å². The second kappa shape index (κ2) is 14.8. The van der Waals surface area contributed by atoms with Crippen molar-refractivity contribution < 1.29 is 33.9 Å². The van der Waals surface area contributed by atoms with Crippen LogP contribution in [0.5, 0.6) is 0 Å². The number of aliphatic carboxylic acids is 1. The van der Waals surface area contributed by atoms with Crippen LogP contribution in [0.3, 0.4) is 0 Å². The van der Waals surface area contributed by atoms with Gasteiger partial charge in [-0.05, 0) is 18.4 Å². The number of benzene rings is 1. The van der Waals surface area contributed by atoms with E-state index in [1.165, 1.54) is 0 Å². The van der Waals surface area contributed by atoms with Crippen LogP contribution in [0.15, 0.2) is 35.3 Å². The van der Waals surface area contributed by atoms with Gasteiger partial charge in [0.2, 0.25) is 29.5 Å². The van der Waals surface area contributed by atoms with E-state index in [2.05, 4.69) is 31.6 Å². The minimum absolute atomic E-state index is 0.0222. The van der Waals surface area contributed by atoms with Crippen LogP contribution >= 0.6 is 0 Å². The van der Waals surface area contributed by atoms with Crippen molar-refractivity contribution in [3.05, 3.63) is 35.9 Å². The smallest absolute Gasteiger partial charge is 0.326 e. The molecule has 1 aliphatic heterocycles. The van der Waals surface area contributed by atoms with Gasteiger partial charge in [-0.25, -0.2) is 4.79 Å².